The standard InChI is InChI=1S/C20H25NO5/c1-12-8-17(14(3)21(12)10-16-6-5-7-24-16)19(22)11-25-20(23)18-9-13(2)26-15(18)4/h8-9,16H,5-7,10-11H2,1-4H3. The van der Waals surface area contributed by atoms with Gasteiger partial charge >= 0.3 is 5.97 Å². The Kier molecular flexibility index (Phi) is 5.32. The van der Waals surface area contributed by atoms with Crippen LogP contribution in [0.1, 0.15) is 56.5 Å². The van der Waals surface area contributed by atoms with Crippen LogP contribution in [-0.4, -0.2) is 35.6 Å². The van der Waals surface area contributed by atoms with E-state index in [1.54, 1.807) is 19.9 Å². The van der Waals surface area contributed by atoms with Crippen LogP contribution in [0.5, 0.6) is 0 Å². The Hall–Kier alpha value is -2.34. The summed E-state index contributed by atoms with van der Waals surface area (Å²) in [7, 11) is 0. The van der Waals surface area contributed by atoms with Gasteiger partial charge in [-0.25, -0.2) is 4.79 Å². The molecule has 0 saturated carbocycles. The number of aryl methyl sites for hydroxylation is 3. The number of carbonyl (C=O) groups is 2. The lowest BCUT2D eigenvalue weighted by molar-refractivity contribution is 0.0472. The van der Waals surface area contributed by atoms with Crippen molar-refractivity contribution >= 4 is 11.8 Å². The van der Waals surface area contributed by atoms with Gasteiger partial charge in [0.05, 0.1) is 6.10 Å². The monoisotopic (exact) mass is 359 g/mol. The number of Topliss-reactive ketones (excluding diaryl/α,β-unsaturated/α-hetero) is 1. The second-order valence-electron chi connectivity index (χ2n) is 6.86. The van der Waals surface area contributed by atoms with E-state index in [0.29, 0.717) is 22.6 Å². The molecule has 140 valence electrons. The van der Waals surface area contributed by atoms with Crippen LogP contribution in [0.4, 0.5) is 0 Å². The molecule has 0 bridgehead atoms. The molecule has 2 aromatic heterocycles. The van der Waals surface area contributed by atoms with Crippen molar-refractivity contribution in [1.82, 2.24) is 4.57 Å². The third-order valence-corrected chi connectivity index (χ3v) is 4.88. The van der Waals surface area contributed by atoms with E-state index in [9.17, 15) is 9.59 Å². The Morgan fingerprint density at radius 3 is 2.58 bits per heavy atom. The highest BCUT2D eigenvalue weighted by atomic mass is 16.5. The first-order valence-electron chi connectivity index (χ1n) is 8.92. The molecule has 1 fully saturated rings. The maximum absolute atomic E-state index is 12.5. The average Bonchev–Trinajstić information content (AvgIpc) is 3.29. The highest BCUT2D eigenvalue weighted by Gasteiger charge is 2.22. The summed E-state index contributed by atoms with van der Waals surface area (Å²) in [6, 6.07) is 3.48. The highest BCUT2D eigenvalue weighted by Crippen LogP contribution is 2.21. The van der Waals surface area contributed by atoms with Crippen LogP contribution < -0.4 is 0 Å². The largest absolute Gasteiger partial charge is 0.466 e. The Morgan fingerprint density at radius 1 is 1.19 bits per heavy atom. The fourth-order valence-corrected chi connectivity index (χ4v) is 3.48. The number of rotatable bonds is 6. The predicted octanol–water partition coefficient (Wildman–Crippen LogP) is 3.53. The van der Waals surface area contributed by atoms with Crippen molar-refractivity contribution in [2.24, 2.45) is 0 Å². The second kappa shape index (κ2) is 7.50. The SMILES string of the molecule is Cc1cc(C(=O)OCC(=O)c2cc(C)n(CC3CCCO3)c2C)c(C)o1. The molecule has 6 heteroatoms. The second-order valence-corrected chi connectivity index (χ2v) is 6.86. The van der Waals surface area contributed by atoms with Gasteiger partial charge < -0.3 is 18.5 Å². The zero-order chi connectivity index (χ0) is 18.8. The van der Waals surface area contributed by atoms with Gasteiger partial charge in [0, 0.05) is 30.1 Å². The van der Waals surface area contributed by atoms with Gasteiger partial charge in [-0.15, -0.1) is 0 Å². The number of aromatic nitrogens is 1. The minimum absolute atomic E-state index is 0.202. The first kappa shape index (κ1) is 18.5. The fourth-order valence-electron chi connectivity index (χ4n) is 3.48. The quantitative estimate of drug-likeness (QED) is 0.583. The van der Waals surface area contributed by atoms with Crippen LogP contribution in [0, 0.1) is 27.7 Å². The van der Waals surface area contributed by atoms with E-state index in [2.05, 4.69) is 4.57 Å². The van der Waals surface area contributed by atoms with E-state index in [4.69, 9.17) is 13.9 Å². The van der Waals surface area contributed by atoms with Gasteiger partial charge in [0.2, 0.25) is 5.78 Å². The lowest BCUT2D eigenvalue weighted by Gasteiger charge is -2.14. The molecule has 1 unspecified atom stereocenters. The smallest absolute Gasteiger partial charge is 0.342 e. The van der Waals surface area contributed by atoms with Gasteiger partial charge in [-0.3, -0.25) is 4.79 Å². The average molecular weight is 359 g/mol. The number of hydrogen-bond donors (Lipinski definition) is 0. The Balaban J connectivity index is 1.66. The fraction of sp³-hybridized carbons (Fsp3) is 0.500. The maximum atomic E-state index is 12.5. The third-order valence-electron chi connectivity index (χ3n) is 4.88. The number of esters is 1. The number of ketones is 1. The van der Waals surface area contributed by atoms with Gasteiger partial charge in [0.25, 0.3) is 0 Å². The molecule has 6 nitrogen and oxygen atoms in total. The molecule has 2 aromatic rings. The molecule has 0 aliphatic carbocycles. The minimum atomic E-state index is -0.541. The van der Waals surface area contributed by atoms with Crippen molar-refractivity contribution in [2.45, 2.75) is 53.2 Å². The van der Waals surface area contributed by atoms with Crippen molar-refractivity contribution in [3.63, 3.8) is 0 Å². The predicted molar refractivity (Wildman–Crippen MR) is 95.7 cm³/mol. The number of hydrogen-bond acceptors (Lipinski definition) is 5. The molecular formula is C20H25NO5. The van der Waals surface area contributed by atoms with Crippen molar-refractivity contribution in [1.29, 1.82) is 0 Å². The van der Waals surface area contributed by atoms with Crippen LogP contribution >= 0.6 is 0 Å². The van der Waals surface area contributed by atoms with Gasteiger partial charge in [-0.05, 0) is 52.7 Å². The molecule has 0 spiro atoms. The molecule has 26 heavy (non-hydrogen) atoms. The number of nitrogens with zero attached hydrogens (tertiary/aromatic N) is 1. The zero-order valence-corrected chi connectivity index (χ0v) is 15.8. The van der Waals surface area contributed by atoms with Gasteiger partial charge in [0.1, 0.15) is 17.1 Å². The normalized spacial score (nSPS) is 16.8. The molecule has 1 saturated heterocycles. The van der Waals surface area contributed by atoms with Crippen LogP contribution in [0.2, 0.25) is 0 Å². The molecule has 0 aromatic carbocycles. The summed E-state index contributed by atoms with van der Waals surface area (Å²) in [5.41, 5.74) is 2.84. The Morgan fingerprint density at radius 2 is 1.96 bits per heavy atom. The summed E-state index contributed by atoms with van der Waals surface area (Å²) in [6.07, 6.45) is 2.33. The summed E-state index contributed by atoms with van der Waals surface area (Å²) < 4.78 is 18.3. The van der Waals surface area contributed by atoms with Crippen molar-refractivity contribution in [2.75, 3.05) is 13.2 Å². The molecule has 0 radical (unpaired) electrons. The summed E-state index contributed by atoms with van der Waals surface area (Å²) in [5, 5.41) is 0. The summed E-state index contributed by atoms with van der Waals surface area (Å²) >= 11 is 0. The van der Waals surface area contributed by atoms with Gasteiger partial charge in [-0.1, -0.05) is 0 Å². The van der Waals surface area contributed by atoms with E-state index in [0.717, 1.165) is 37.4 Å². The van der Waals surface area contributed by atoms with E-state index < -0.39 is 5.97 Å². The Labute approximate surface area is 153 Å². The van der Waals surface area contributed by atoms with Crippen molar-refractivity contribution in [3.05, 3.63) is 46.2 Å². The van der Waals surface area contributed by atoms with Crippen LogP contribution in [-0.2, 0) is 16.0 Å². The molecule has 1 atom stereocenters. The van der Waals surface area contributed by atoms with Crippen LogP contribution in [0.25, 0.3) is 0 Å². The Bertz CT molecular complexity index is 824. The molecule has 3 rings (SSSR count). The lowest BCUT2D eigenvalue weighted by atomic mass is 10.1. The van der Waals surface area contributed by atoms with E-state index in [-0.39, 0.29) is 18.5 Å². The first-order valence-corrected chi connectivity index (χ1v) is 8.92. The summed E-state index contributed by atoms with van der Waals surface area (Å²) in [6.45, 7) is 8.62. The minimum Gasteiger partial charge on any atom is -0.466 e. The molecule has 0 N–H and O–H groups in total. The molecule has 0 amide bonds. The van der Waals surface area contributed by atoms with E-state index in [1.807, 2.05) is 19.9 Å². The zero-order valence-electron chi connectivity index (χ0n) is 15.8. The molecular weight excluding hydrogens is 334 g/mol. The first-order chi connectivity index (χ1) is 12.4. The van der Waals surface area contributed by atoms with Gasteiger partial charge in [0.15, 0.2) is 6.61 Å². The summed E-state index contributed by atoms with van der Waals surface area (Å²) in [4.78, 5) is 24.7. The molecule has 1 aliphatic heterocycles. The van der Waals surface area contributed by atoms with E-state index >= 15 is 0 Å². The topological polar surface area (TPSA) is 70.7 Å². The van der Waals surface area contributed by atoms with Gasteiger partial charge in [-0.2, -0.15) is 0 Å². The van der Waals surface area contributed by atoms with Crippen LogP contribution in [0.15, 0.2) is 16.5 Å². The maximum Gasteiger partial charge on any atom is 0.342 e. The highest BCUT2D eigenvalue weighted by molar-refractivity contribution is 6.00. The van der Waals surface area contributed by atoms with Crippen LogP contribution in [0.3, 0.4) is 0 Å². The lowest BCUT2D eigenvalue weighted by Crippen LogP contribution is -2.18. The van der Waals surface area contributed by atoms with Crippen molar-refractivity contribution < 1.29 is 23.5 Å². The number of ether oxygens (including phenoxy) is 2. The molecule has 3 heterocycles. The third kappa shape index (κ3) is 3.75. The number of furan rings is 1. The molecule has 1 aliphatic rings. The van der Waals surface area contributed by atoms with Crippen molar-refractivity contribution in [3.8, 4) is 0 Å². The summed E-state index contributed by atoms with van der Waals surface area (Å²) in [5.74, 6) is 0.386. The number of carbonyl (C=O) groups excluding carboxylic acids is 2. The van der Waals surface area contributed by atoms with E-state index in [1.165, 1.54) is 0 Å².